The summed E-state index contributed by atoms with van der Waals surface area (Å²) in [4.78, 5) is 16.8. The van der Waals surface area contributed by atoms with E-state index in [1.54, 1.807) is 7.11 Å². The lowest BCUT2D eigenvalue weighted by Gasteiger charge is -2.36. The normalized spacial score (nSPS) is 14.9. The number of rotatable bonds is 6. The fourth-order valence-electron chi connectivity index (χ4n) is 3.30. The topological polar surface area (TPSA) is 44.8 Å². The molecule has 0 aliphatic carbocycles. The summed E-state index contributed by atoms with van der Waals surface area (Å²) in [6.07, 6.45) is 0. The van der Waals surface area contributed by atoms with Gasteiger partial charge in [0.15, 0.2) is 0 Å². The van der Waals surface area contributed by atoms with Crippen molar-refractivity contribution in [3.63, 3.8) is 0 Å². The van der Waals surface area contributed by atoms with Gasteiger partial charge in [-0.15, -0.1) is 0 Å². The largest absolute Gasteiger partial charge is 0.495 e. The van der Waals surface area contributed by atoms with E-state index in [9.17, 15) is 4.79 Å². The smallest absolute Gasteiger partial charge is 0.234 e. The number of methoxy groups -OCH3 is 1. The molecule has 2 aromatic rings. The summed E-state index contributed by atoms with van der Waals surface area (Å²) in [5, 5.41) is 3.03. The lowest BCUT2D eigenvalue weighted by atomic mass is 10.1. The minimum absolute atomic E-state index is 0.0824. The predicted octanol–water partition coefficient (Wildman–Crippen LogP) is 2.44. The van der Waals surface area contributed by atoms with Crippen molar-refractivity contribution >= 4 is 11.6 Å². The van der Waals surface area contributed by atoms with Crippen LogP contribution < -0.4 is 15.0 Å². The summed E-state index contributed by atoms with van der Waals surface area (Å²) in [5.74, 6) is 0.982. The Balaban J connectivity index is 1.46. The second-order valence-corrected chi connectivity index (χ2v) is 6.64. The molecule has 1 fully saturated rings. The average molecular weight is 353 g/mol. The third kappa shape index (κ3) is 4.55. The molecule has 3 rings (SSSR count). The molecule has 0 unspecified atom stereocenters. The quantitative estimate of drug-likeness (QED) is 0.866. The summed E-state index contributed by atoms with van der Waals surface area (Å²) in [5.41, 5.74) is 3.50. The van der Waals surface area contributed by atoms with Crippen LogP contribution in [0.1, 0.15) is 11.1 Å². The Bertz CT molecular complexity index is 740. The highest BCUT2D eigenvalue weighted by atomic mass is 16.5. The second-order valence-electron chi connectivity index (χ2n) is 6.64. The van der Waals surface area contributed by atoms with Crippen LogP contribution in [0.5, 0.6) is 5.75 Å². The van der Waals surface area contributed by atoms with Gasteiger partial charge in [-0.05, 0) is 30.2 Å². The first kappa shape index (κ1) is 18.3. The summed E-state index contributed by atoms with van der Waals surface area (Å²) in [7, 11) is 1.70. The number of hydrogen-bond donors (Lipinski definition) is 1. The number of nitrogens with zero attached hydrogens (tertiary/aromatic N) is 2. The number of ether oxygens (including phenoxy) is 1. The zero-order valence-electron chi connectivity index (χ0n) is 15.6. The third-order valence-corrected chi connectivity index (χ3v) is 4.90. The number of piperazine rings is 1. The van der Waals surface area contributed by atoms with Crippen molar-refractivity contribution in [1.29, 1.82) is 0 Å². The Morgan fingerprint density at radius 2 is 1.73 bits per heavy atom. The molecule has 0 radical (unpaired) electrons. The summed E-state index contributed by atoms with van der Waals surface area (Å²) >= 11 is 0. The van der Waals surface area contributed by atoms with Crippen molar-refractivity contribution in [2.75, 3.05) is 44.7 Å². The molecule has 1 aliphatic heterocycles. The van der Waals surface area contributed by atoms with E-state index in [4.69, 9.17) is 4.74 Å². The van der Waals surface area contributed by atoms with Crippen LogP contribution in [-0.2, 0) is 11.3 Å². The number of carbonyl (C=O) groups is 1. The van der Waals surface area contributed by atoms with Crippen LogP contribution in [0.15, 0.2) is 48.5 Å². The number of benzene rings is 2. The first-order chi connectivity index (χ1) is 12.7. The van der Waals surface area contributed by atoms with Gasteiger partial charge < -0.3 is 15.0 Å². The fourth-order valence-corrected chi connectivity index (χ4v) is 3.30. The van der Waals surface area contributed by atoms with Gasteiger partial charge in [-0.1, -0.05) is 36.4 Å². The van der Waals surface area contributed by atoms with E-state index in [2.05, 4.69) is 40.2 Å². The summed E-state index contributed by atoms with van der Waals surface area (Å²) in [6, 6.07) is 16.2. The first-order valence-corrected chi connectivity index (χ1v) is 9.09. The number of aryl methyl sites for hydroxylation is 1. The number of hydrogen-bond acceptors (Lipinski definition) is 4. The Morgan fingerprint density at radius 1 is 1.04 bits per heavy atom. The molecule has 26 heavy (non-hydrogen) atoms. The van der Waals surface area contributed by atoms with Gasteiger partial charge in [-0.2, -0.15) is 0 Å². The molecular weight excluding hydrogens is 326 g/mol. The maximum Gasteiger partial charge on any atom is 0.234 e. The molecule has 0 saturated carbocycles. The molecule has 2 aromatic carbocycles. The number of amides is 1. The van der Waals surface area contributed by atoms with E-state index in [1.807, 2.05) is 30.3 Å². The third-order valence-electron chi connectivity index (χ3n) is 4.90. The monoisotopic (exact) mass is 353 g/mol. The van der Waals surface area contributed by atoms with E-state index in [1.165, 1.54) is 11.1 Å². The molecule has 5 heteroatoms. The number of para-hydroxylation sites is 2. The summed E-state index contributed by atoms with van der Waals surface area (Å²) in [6.45, 7) is 6.64. The van der Waals surface area contributed by atoms with Crippen molar-refractivity contribution in [3.8, 4) is 5.75 Å². The molecule has 1 saturated heterocycles. The van der Waals surface area contributed by atoms with E-state index in [0.29, 0.717) is 13.1 Å². The van der Waals surface area contributed by atoms with Crippen molar-refractivity contribution in [2.45, 2.75) is 13.5 Å². The molecule has 1 heterocycles. The SMILES string of the molecule is COc1ccccc1N1CCN(CC(=O)NCc2ccccc2C)CC1. The molecule has 1 aliphatic rings. The number of nitrogens with one attached hydrogen (secondary N) is 1. The van der Waals surface area contributed by atoms with Crippen LogP contribution in [0.25, 0.3) is 0 Å². The number of anilines is 1. The Kier molecular flexibility index (Phi) is 6.12. The minimum atomic E-state index is 0.0824. The zero-order chi connectivity index (χ0) is 18.4. The molecule has 138 valence electrons. The summed E-state index contributed by atoms with van der Waals surface area (Å²) < 4.78 is 5.45. The van der Waals surface area contributed by atoms with E-state index in [0.717, 1.165) is 37.6 Å². The standard InChI is InChI=1S/C21H27N3O2/c1-17-7-3-4-8-18(17)15-22-21(25)16-23-11-13-24(14-12-23)19-9-5-6-10-20(19)26-2/h3-10H,11-16H2,1-2H3,(H,22,25). The molecule has 0 atom stereocenters. The molecule has 0 aromatic heterocycles. The molecule has 0 bridgehead atoms. The minimum Gasteiger partial charge on any atom is -0.495 e. The van der Waals surface area contributed by atoms with Gasteiger partial charge in [0.25, 0.3) is 0 Å². The van der Waals surface area contributed by atoms with E-state index < -0.39 is 0 Å². The maximum absolute atomic E-state index is 12.3. The highest BCUT2D eigenvalue weighted by molar-refractivity contribution is 5.78. The van der Waals surface area contributed by atoms with Crippen molar-refractivity contribution in [1.82, 2.24) is 10.2 Å². The Hall–Kier alpha value is -2.53. The lowest BCUT2D eigenvalue weighted by molar-refractivity contribution is -0.122. The lowest BCUT2D eigenvalue weighted by Crippen LogP contribution is -2.49. The van der Waals surface area contributed by atoms with Crippen molar-refractivity contribution in [3.05, 3.63) is 59.7 Å². The first-order valence-electron chi connectivity index (χ1n) is 9.09. The molecule has 1 amide bonds. The fraction of sp³-hybridized carbons (Fsp3) is 0.381. The second kappa shape index (κ2) is 8.72. The van der Waals surface area contributed by atoms with Crippen LogP contribution >= 0.6 is 0 Å². The Labute approximate surface area is 155 Å². The molecule has 1 N–H and O–H groups in total. The predicted molar refractivity (Wildman–Crippen MR) is 105 cm³/mol. The average Bonchev–Trinajstić information content (AvgIpc) is 2.68. The van der Waals surface area contributed by atoms with E-state index >= 15 is 0 Å². The molecule has 5 nitrogen and oxygen atoms in total. The van der Waals surface area contributed by atoms with Gasteiger partial charge in [-0.25, -0.2) is 0 Å². The van der Waals surface area contributed by atoms with Gasteiger partial charge in [-0.3, -0.25) is 9.69 Å². The highest BCUT2D eigenvalue weighted by Gasteiger charge is 2.20. The van der Waals surface area contributed by atoms with Gasteiger partial charge in [0, 0.05) is 32.7 Å². The zero-order valence-corrected chi connectivity index (χ0v) is 15.6. The molecule has 0 spiro atoms. The van der Waals surface area contributed by atoms with Crippen LogP contribution in [0, 0.1) is 6.92 Å². The van der Waals surface area contributed by atoms with Gasteiger partial charge >= 0.3 is 0 Å². The van der Waals surface area contributed by atoms with Crippen LogP contribution in [0.2, 0.25) is 0 Å². The van der Waals surface area contributed by atoms with Crippen LogP contribution in [0.4, 0.5) is 5.69 Å². The van der Waals surface area contributed by atoms with Gasteiger partial charge in [0.2, 0.25) is 5.91 Å². The highest BCUT2D eigenvalue weighted by Crippen LogP contribution is 2.28. The maximum atomic E-state index is 12.3. The van der Waals surface area contributed by atoms with Crippen molar-refractivity contribution < 1.29 is 9.53 Å². The van der Waals surface area contributed by atoms with Crippen molar-refractivity contribution in [2.24, 2.45) is 0 Å². The van der Waals surface area contributed by atoms with Crippen LogP contribution in [-0.4, -0.2) is 50.6 Å². The molecular formula is C21H27N3O2. The van der Waals surface area contributed by atoms with E-state index in [-0.39, 0.29) is 5.91 Å². The van der Waals surface area contributed by atoms with Gasteiger partial charge in [0.05, 0.1) is 19.3 Å². The van der Waals surface area contributed by atoms with Crippen LogP contribution in [0.3, 0.4) is 0 Å². The Morgan fingerprint density at radius 3 is 2.46 bits per heavy atom. The van der Waals surface area contributed by atoms with Gasteiger partial charge in [0.1, 0.15) is 5.75 Å². The number of carbonyl (C=O) groups excluding carboxylic acids is 1.